The van der Waals surface area contributed by atoms with Gasteiger partial charge in [-0.2, -0.15) is 0 Å². The van der Waals surface area contributed by atoms with Crippen LogP contribution in [0.25, 0.3) is 6.08 Å². The molecule has 0 bridgehead atoms. The van der Waals surface area contributed by atoms with Gasteiger partial charge in [0.05, 0.1) is 28.9 Å². The Kier molecular flexibility index (Phi) is 7.02. The van der Waals surface area contributed by atoms with Crippen LogP contribution in [-0.4, -0.2) is 46.8 Å². The number of aliphatic imine (C=N–C) groups is 1. The van der Waals surface area contributed by atoms with E-state index in [0.717, 1.165) is 5.56 Å². The number of rotatable bonds is 7. The highest BCUT2D eigenvalue weighted by Crippen LogP contribution is 2.35. The highest BCUT2D eigenvalue weighted by Gasteiger charge is 2.30. The number of hydrogen-bond donors (Lipinski definition) is 1. The Hall–Kier alpha value is -3.26. The second kappa shape index (κ2) is 9.70. The fourth-order valence-electron chi connectivity index (χ4n) is 2.83. The van der Waals surface area contributed by atoms with E-state index in [1.54, 1.807) is 25.3 Å². The summed E-state index contributed by atoms with van der Waals surface area (Å²) in [5.74, 6) is 0.130. The van der Waals surface area contributed by atoms with Crippen molar-refractivity contribution in [3.05, 3.63) is 58.5 Å². The number of carbonyl (C=O) groups excluding carboxylic acids is 1. The zero-order valence-corrected chi connectivity index (χ0v) is 18.6. The number of aromatic carboxylic acids is 1. The van der Waals surface area contributed by atoms with Gasteiger partial charge >= 0.3 is 5.97 Å². The molecule has 1 N–H and O–H groups in total. The lowest BCUT2D eigenvalue weighted by molar-refractivity contribution is -0.121. The lowest BCUT2D eigenvalue weighted by Crippen LogP contribution is -2.23. The molecule has 0 radical (unpaired) electrons. The van der Waals surface area contributed by atoms with Gasteiger partial charge in [-0.3, -0.25) is 9.69 Å². The van der Waals surface area contributed by atoms with E-state index in [9.17, 15) is 9.59 Å². The summed E-state index contributed by atoms with van der Waals surface area (Å²) < 4.78 is 11.5. The van der Waals surface area contributed by atoms with E-state index >= 15 is 0 Å². The third kappa shape index (κ3) is 5.46. The van der Waals surface area contributed by atoms with Gasteiger partial charge in [-0.25, -0.2) is 9.79 Å². The van der Waals surface area contributed by atoms with Crippen LogP contribution < -0.4 is 9.47 Å². The molecule has 3 rings (SSSR count). The van der Waals surface area contributed by atoms with Gasteiger partial charge in [0, 0.05) is 7.05 Å². The maximum Gasteiger partial charge on any atom is 0.335 e. The van der Waals surface area contributed by atoms with Crippen molar-refractivity contribution in [2.24, 2.45) is 4.99 Å². The number of carboxylic acid groups (broad SMARTS) is 1. The smallest absolute Gasteiger partial charge is 0.335 e. The summed E-state index contributed by atoms with van der Waals surface area (Å²) in [6.07, 6.45) is 1.81. The molecular weight excluding hydrogens is 416 g/mol. The van der Waals surface area contributed by atoms with Gasteiger partial charge in [0.25, 0.3) is 5.91 Å². The highest BCUT2D eigenvalue weighted by molar-refractivity contribution is 8.18. The maximum absolute atomic E-state index is 12.7. The fraction of sp³-hybridized carbons (Fsp3) is 0.261. The minimum absolute atomic E-state index is 0.0207. The van der Waals surface area contributed by atoms with Crippen LogP contribution in [0.4, 0.5) is 5.69 Å². The van der Waals surface area contributed by atoms with E-state index < -0.39 is 5.97 Å². The average molecular weight is 441 g/mol. The van der Waals surface area contributed by atoms with Gasteiger partial charge < -0.3 is 14.6 Å². The summed E-state index contributed by atoms with van der Waals surface area (Å²) in [5.41, 5.74) is 1.57. The Balaban J connectivity index is 1.85. The number of nitrogens with zero attached hydrogens (tertiary/aromatic N) is 2. The van der Waals surface area contributed by atoms with Crippen LogP contribution in [0.1, 0.15) is 36.7 Å². The third-order valence-corrected chi connectivity index (χ3v) is 5.33. The fourth-order valence-corrected chi connectivity index (χ4v) is 3.81. The van der Waals surface area contributed by atoms with Gasteiger partial charge in [-0.1, -0.05) is 6.07 Å². The second-order valence-electron chi connectivity index (χ2n) is 7.03. The second-order valence-corrected chi connectivity index (χ2v) is 8.04. The van der Waals surface area contributed by atoms with Gasteiger partial charge in [-0.05, 0) is 80.6 Å². The number of ether oxygens (including phenoxy) is 2. The Morgan fingerprint density at radius 1 is 1.19 bits per heavy atom. The number of benzene rings is 2. The molecule has 0 atom stereocenters. The van der Waals surface area contributed by atoms with Gasteiger partial charge in [0.2, 0.25) is 0 Å². The SMILES string of the molecule is CCOc1cc(/C=C2/SC(=Nc3ccc(C(=O)O)cc3)N(C)C2=O)ccc1OC(C)C. The topological polar surface area (TPSA) is 88.4 Å². The summed E-state index contributed by atoms with van der Waals surface area (Å²) in [4.78, 5) is 30.2. The standard InChI is InChI=1S/C23H24N2O5S/c1-5-29-19-12-15(6-11-18(19)30-14(2)3)13-20-21(26)25(4)23(31-20)24-17-9-7-16(8-10-17)22(27)28/h6-14H,5H2,1-4H3,(H,27,28)/b20-13+,24-23?. The molecule has 0 aromatic heterocycles. The molecule has 162 valence electrons. The van der Waals surface area contributed by atoms with Crippen LogP contribution in [0, 0.1) is 0 Å². The molecule has 0 unspecified atom stereocenters. The summed E-state index contributed by atoms with van der Waals surface area (Å²) in [6, 6.07) is 11.7. The van der Waals surface area contributed by atoms with E-state index in [0.29, 0.717) is 33.9 Å². The average Bonchev–Trinajstić information content (AvgIpc) is 2.98. The molecule has 1 amide bonds. The Labute approximate surface area is 185 Å². The Morgan fingerprint density at radius 3 is 2.52 bits per heavy atom. The summed E-state index contributed by atoms with van der Waals surface area (Å²) in [7, 11) is 1.66. The molecule has 2 aromatic carbocycles. The van der Waals surface area contributed by atoms with Crippen molar-refractivity contribution in [1.29, 1.82) is 0 Å². The first kappa shape index (κ1) is 22.4. The highest BCUT2D eigenvalue weighted by atomic mass is 32.2. The number of carboxylic acids is 1. The monoisotopic (exact) mass is 440 g/mol. The summed E-state index contributed by atoms with van der Waals surface area (Å²) in [5, 5.41) is 9.53. The zero-order chi connectivity index (χ0) is 22.5. The van der Waals surface area contributed by atoms with Crippen molar-refractivity contribution in [3.63, 3.8) is 0 Å². The molecule has 8 heteroatoms. The van der Waals surface area contributed by atoms with Crippen molar-refractivity contribution >= 4 is 40.6 Å². The normalized spacial score (nSPS) is 16.4. The molecule has 7 nitrogen and oxygen atoms in total. The number of amides is 1. The van der Waals surface area contributed by atoms with Crippen LogP contribution in [0.15, 0.2) is 52.4 Å². The molecular formula is C23H24N2O5S. The molecule has 0 saturated carbocycles. The number of hydrogen-bond acceptors (Lipinski definition) is 6. The lowest BCUT2D eigenvalue weighted by atomic mass is 10.2. The summed E-state index contributed by atoms with van der Waals surface area (Å²) >= 11 is 1.26. The van der Waals surface area contributed by atoms with E-state index in [1.165, 1.54) is 28.8 Å². The molecule has 1 saturated heterocycles. The van der Waals surface area contributed by atoms with Gasteiger partial charge in [0.1, 0.15) is 0 Å². The minimum Gasteiger partial charge on any atom is -0.490 e. The quantitative estimate of drug-likeness (QED) is 0.622. The van der Waals surface area contributed by atoms with E-state index in [-0.39, 0.29) is 17.6 Å². The Morgan fingerprint density at radius 2 is 1.90 bits per heavy atom. The van der Waals surface area contributed by atoms with Gasteiger partial charge in [0.15, 0.2) is 16.7 Å². The predicted octanol–water partition coefficient (Wildman–Crippen LogP) is 4.80. The van der Waals surface area contributed by atoms with Crippen LogP contribution >= 0.6 is 11.8 Å². The van der Waals surface area contributed by atoms with Crippen molar-refractivity contribution in [2.75, 3.05) is 13.7 Å². The van der Waals surface area contributed by atoms with Gasteiger partial charge in [-0.15, -0.1) is 0 Å². The third-order valence-electron chi connectivity index (χ3n) is 4.27. The Bertz CT molecular complexity index is 1040. The molecule has 0 spiro atoms. The first-order valence-electron chi connectivity index (χ1n) is 9.81. The zero-order valence-electron chi connectivity index (χ0n) is 17.8. The van der Waals surface area contributed by atoms with E-state index in [4.69, 9.17) is 14.6 Å². The molecule has 2 aromatic rings. The molecule has 0 aliphatic carbocycles. The van der Waals surface area contributed by atoms with Crippen molar-refractivity contribution in [2.45, 2.75) is 26.9 Å². The van der Waals surface area contributed by atoms with Crippen molar-refractivity contribution in [3.8, 4) is 11.5 Å². The van der Waals surface area contributed by atoms with Crippen molar-refractivity contribution in [1.82, 2.24) is 4.90 Å². The maximum atomic E-state index is 12.7. The summed E-state index contributed by atoms with van der Waals surface area (Å²) in [6.45, 7) is 6.31. The molecule has 1 aliphatic heterocycles. The van der Waals surface area contributed by atoms with Crippen LogP contribution in [-0.2, 0) is 4.79 Å². The van der Waals surface area contributed by atoms with Crippen LogP contribution in [0.3, 0.4) is 0 Å². The number of thioether (sulfide) groups is 1. The number of carbonyl (C=O) groups is 2. The van der Waals surface area contributed by atoms with E-state index in [2.05, 4.69) is 4.99 Å². The van der Waals surface area contributed by atoms with Crippen molar-refractivity contribution < 1.29 is 24.2 Å². The number of likely N-dealkylation sites (N-methyl/N-ethyl adjacent to an activating group) is 1. The predicted molar refractivity (Wildman–Crippen MR) is 122 cm³/mol. The molecule has 1 fully saturated rings. The largest absolute Gasteiger partial charge is 0.490 e. The molecule has 1 aliphatic rings. The van der Waals surface area contributed by atoms with E-state index in [1.807, 2.05) is 39.0 Å². The minimum atomic E-state index is -0.997. The first-order chi connectivity index (χ1) is 14.8. The molecule has 31 heavy (non-hydrogen) atoms. The lowest BCUT2D eigenvalue weighted by Gasteiger charge is -2.15. The van der Waals surface area contributed by atoms with Crippen LogP contribution in [0.5, 0.6) is 11.5 Å². The molecule has 1 heterocycles. The van der Waals surface area contributed by atoms with Crippen LogP contribution in [0.2, 0.25) is 0 Å². The first-order valence-corrected chi connectivity index (χ1v) is 10.6. The number of amidine groups is 1.